The molecule has 0 saturated heterocycles. The number of benzene rings is 2. The summed E-state index contributed by atoms with van der Waals surface area (Å²) in [6.45, 7) is 1.53. The van der Waals surface area contributed by atoms with Crippen molar-refractivity contribution >= 4 is 22.6 Å². The van der Waals surface area contributed by atoms with Crippen molar-refractivity contribution in [3.8, 4) is 11.5 Å². The lowest BCUT2D eigenvalue weighted by atomic mass is 10.2. The van der Waals surface area contributed by atoms with Crippen LogP contribution in [0.15, 0.2) is 57.7 Å². The predicted molar refractivity (Wildman–Crippen MR) is 94.2 cm³/mol. The summed E-state index contributed by atoms with van der Waals surface area (Å²) in [7, 11) is 1.43. The molecule has 0 saturated carbocycles. The molecule has 7 heteroatoms. The van der Waals surface area contributed by atoms with Gasteiger partial charge in [0.25, 0.3) is 5.91 Å². The maximum Gasteiger partial charge on any atom is 0.336 e. The normalized spacial score (nSPS) is 11.8. The first kappa shape index (κ1) is 17.5. The van der Waals surface area contributed by atoms with Crippen LogP contribution in [0, 0.1) is 5.82 Å². The molecule has 0 fully saturated rings. The van der Waals surface area contributed by atoms with Crippen molar-refractivity contribution in [2.45, 2.75) is 13.0 Å². The molecule has 1 unspecified atom stereocenters. The minimum absolute atomic E-state index is 0.0239. The number of nitrogens with one attached hydrogen (secondary N) is 1. The van der Waals surface area contributed by atoms with E-state index in [9.17, 15) is 14.0 Å². The molecule has 1 N–H and O–H groups in total. The summed E-state index contributed by atoms with van der Waals surface area (Å²) < 4.78 is 29.5. The first-order valence-electron chi connectivity index (χ1n) is 7.81. The Hall–Kier alpha value is -3.35. The molecule has 134 valence electrons. The molecule has 1 aromatic heterocycles. The SMILES string of the molecule is COc1ccc(NC(=O)C(C)Oc2ccc3ccc(=O)oc3c2)c(F)c1. The zero-order valence-corrected chi connectivity index (χ0v) is 14.1. The summed E-state index contributed by atoms with van der Waals surface area (Å²) >= 11 is 0. The Morgan fingerprint density at radius 1 is 1.12 bits per heavy atom. The van der Waals surface area contributed by atoms with E-state index in [4.69, 9.17) is 13.9 Å². The monoisotopic (exact) mass is 357 g/mol. The second kappa shape index (κ2) is 7.26. The number of rotatable bonds is 5. The number of hydrogen-bond donors (Lipinski definition) is 1. The summed E-state index contributed by atoms with van der Waals surface area (Å²) in [5, 5.41) is 3.19. The molecule has 0 aliphatic rings. The van der Waals surface area contributed by atoms with E-state index in [1.54, 1.807) is 18.2 Å². The third-order valence-electron chi connectivity index (χ3n) is 3.71. The van der Waals surface area contributed by atoms with Crippen molar-refractivity contribution in [2.24, 2.45) is 0 Å². The van der Waals surface area contributed by atoms with Gasteiger partial charge in [0.15, 0.2) is 6.10 Å². The van der Waals surface area contributed by atoms with Crippen molar-refractivity contribution < 1.29 is 23.1 Å². The van der Waals surface area contributed by atoms with Crippen molar-refractivity contribution in [1.29, 1.82) is 0 Å². The number of halogens is 1. The lowest BCUT2D eigenvalue weighted by Gasteiger charge is -2.15. The summed E-state index contributed by atoms with van der Waals surface area (Å²) in [5.74, 6) is -0.437. The molecule has 1 heterocycles. The van der Waals surface area contributed by atoms with Crippen LogP contribution in [0.5, 0.6) is 11.5 Å². The maximum absolute atomic E-state index is 13.9. The molecule has 0 bridgehead atoms. The minimum atomic E-state index is -0.899. The van der Waals surface area contributed by atoms with E-state index in [1.807, 2.05) is 0 Å². The van der Waals surface area contributed by atoms with E-state index in [0.717, 1.165) is 5.39 Å². The summed E-state index contributed by atoms with van der Waals surface area (Å²) in [5.41, 5.74) is -0.102. The van der Waals surface area contributed by atoms with Gasteiger partial charge in [-0.25, -0.2) is 9.18 Å². The highest BCUT2D eigenvalue weighted by Gasteiger charge is 2.17. The standard InChI is InChI=1S/C19H16FNO5/c1-11(19(23)21-16-7-6-13(24-2)9-15(16)20)25-14-5-3-12-4-8-18(22)26-17(12)10-14/h3-11H,1-2H3,(H,21,23). The van der Waals surface area contributed by atoms with E-state index >= 15 is 0 Å². The van der Waals surface area contributed by atoms with Gasteiger partial charge < -0.3 is 19.2 Å². The van der Waals surface area contributed by atoms with Crippen molar-refractivity contribution in [3.05, 3.63) is 64.8 Å². The van der Waals surface area contributed by atoms with E-state index in [2.05, 4.69) is 5.32 Å². The smallest absolute Gasteiger partial charge is 0.336 e. The largest absolute Gasteiger partial charge is 0.497 e. The fraction of sp³-hybridized carbons (Fsp3) is 0.158. The Labute approximate surface area is 148 Å². The van der Waals surface area contributed by atoms with E-state index in [-0.39, 0.29) is 5.69 Å². The van der Waals surface area contributed by atoms with Crippen LogP contribution in [0.25, 0.3) is 11.0 Å². The highest BCUT2D eigenvalue weighted by atomic mass is 19.1. The maximum atomic E-state index is 13.9. The highest BCUT2D eigenvalue weighted by Crippen LogP contribution is 2.22. The molecule has 3 aromatic rings. The molecule has 2 aromatic carbocycles. The Bertz CT molecular complexity index is 1010. The molecule has 1 atom stereocenters. The number of fused-ring (bicyclic) bond motifs is 1. The van der Waals surface area contributed by atoms with Crippen LogP contribution in [0.4, 0.5) is 10.1 Å². The third-order valence-corrected chi connectivity index (χ3v) is 3.71. The second-order valence-electron chi connectivity index (χ2n) is 5.55. The number of ether oxygens (including phenoxy) is 2. The Morgan fingerprint density at radius 3 is 2.58 bits per heavy atom. The predicted octanol–water partition coefficient (Wildman–Crippen LogP) is 3.35. The zero-order chi connectivity index (χ0) is 18.7. The van der Waals surface area contributed by atoms with Gasteiger partial charge in [0, 0.05) is 23.6 Å². The lowest BCUT2D eigenvalue weighted by Crippen LogP contribution is -2.30. The van der Waals surface area contributed by atoms with Crippen molar-refractivity contribution in [2.75, 3.05) is 12.4 Å². The quantitative estimate of drug-likeness (QED) is 0.709. The average molecular weight is 357 g/mol. The summed E-state index contributed by atoms with van der Waals surface area (Å²) in [6.07, 6.45) is -0.899. The van der Waals surface area contributed by atoms with Crippen LogP contribution in [0.1, 0.15) is 6.92 Å². The summed E-state index contributed by atoms with van der Waals surface area (Å²) in [4.78, 5) is 23.5. The van der Waals surface area contributed by atoms with Gasteiger partial charge in [0.2, 0.25) is 0 Å². The van der Waals surface area contributed by atoms with Crippen LogP contribution < -0.4 is 20.4 Å². The first-order valence-corrected chi connectivity index (χ1v) is 7.81. The van der Waals surface area contributed by atoms with Crippen LogP contribution in [0.2, 0.25) is 0 Å². The van der Waals surface area contributed by atoms with Gasteiger partial charge in [-0.05, 0) is 37.3 Å². The number of carbonyl (C=O) groups excluding carboxylic acids is 1. The van der Waals surface area contributed by atoms with Crippen molar-refractivity contribution in [1.82, 2.24) is 0 Å². The van der Waals surface area contributed by atoms with Gasteiger partial charge in [-0.3, -0.25) is 4.79 Å². The highest BCUT2D eigenvalue weighted by molar-refractivity contribution is 5.94. The number of carbonyl (C=O) groups is 1. The molecule has 0 radical (unpaired) electrons. The Balaban J connectivity index is 1.72. The minimum Gasteiger partial charge on any atom is -0.497 e. The Morgan fingerprint density at radius 2 is 1.85 bits per heavy atom. The molecule has 0 aliphatic carbocycles. The van der Waals surface area contributed by atoms with Gasteiger partial charge >= 0.3 is 5.63 Å². The third kappa shape index (κ3) is 3.83. The molecule has 26 heavy (non-hydrogen) atoms. The van der Waals surface area contributed by atoms with Crippen molar-refractivity contribution in [3.63, 3.8) is 0 Å². The Kier molecular flexibility index (Phi) is 4.88. The fourth-order valence-corrected chi connectivity index (χ4v) is 2.33. The van der Waals surface area contributed by atoms with Gasteiger partial charge in [0.1, 0.15) is 22.9 Å². The molecule has 6 nitrogen and oxygen atoms in total. The lowest BCUT2D eigenvalue weighted by molar-refractivity contribution is -0.122. The topological polar surface area (TPSA) is 77.8 Å². The number of anilines is 1. The van der Waals surface area contributed by atoms with Gasteiger partial charge in [-0.15, -0.1) is 0 Å². The van der Waals surface area contributed by atoms with Crippen LogP contribution in [-0.2, 0) is 4.79 Å². The average Bonchev–Trinajstić information content (AvgIpc) is 2.62. The van der Waals surface area contributed by atoms with Gasteiger partial charge in [-0.1, -0.05) is 0 Å². The van der Waals surface area contributed by atoms with Gasteiger partial charge in [-0.2, -0.15) is 0 Å². The molecule has 0 spiro atoms. The summed E-state index contributed by atoms with van der Waals surface area (Å²) in [6, 6.07) is 12.0. The van der Waals surface area contributed by atoms with Crippen LogP contribution in [-0.4, -0.2) is 19.1 Å². The zero-order valence-electron chi connectivity index (χ0n) is 14.1. The molecule has 3 rings (SSSR count). The number of amides is 1. The molecule has 0 aliphatic heterocycles. The van der Waals surface area contributed by atoms with E-state index < -0.39 is 23.5 Å². The van der Waals surface area contributed by atoms with E-state index in [0.29, 0.717) is 17.1 Å². The molecule has 1 amide bonds. The molecular weight excluding hydrogens is 341 g/mol. The first-order chi connectivity index (χ1) is 12.5. The van der Waals surface area contributed by atoms with Crippen LogP contribution in [0.3, 0.4) is 0 Å². The van der Waals surface area contributed by atoms with E-state index in [1.165, 1.54) is 44.4 Å². The molecular formula is C19H16FNO5. The number of methoxy groups -OCH3 is 1. The fourth-order valence-electron chi connectivity index (χ4n) is 2.33. The second-order valence-corrected chi connectivity index (χ2v) is 5.55. The van der Waals surface area contributed by atoms with Crippen LogP contribution >= 0.6 is 0 Å². The number of hydrogen-bond acceptors (Lipinski definition) is 5. The van der Waals surface area contributed by atoms with Gasteiger partial charge in [0.05, 0.1) is 12.8 Å².